The van der Waals surface area contributed by atoms with Crippen LogP contribution >= 0.6 is 0 Å². The van der Waals surface area contributed by atoms with Gasteiger partial charge in [-0.2, -0.15) is 0 Å². The highest BCUT2D eigenvalue weighted by Gasteiger charge is 2.27. The summed E-state index contributed by atoms with van der Waals surface area (Å²) in [6, 6.07) is 9.01. The summed E-state index contributed by atoms with van der Waals surface area (Å²) in [5, 5.41) is 2.86. The van der Waals surface area contributed by atoms with E-state index in [0.29, 0.717) is 13.2 Å². The molecular weight excluding hydrogens is 312 g/mol. The van der Waals surface area contributed by atoms with Crippen LogP contribution in [0.2, 0.25) is 0 Å². The minimum absolute atomic E-state index is 0.0199. The number of likely N-dealkylation sites (tertiary alicyclic amines) is 1. The first-order chi connectivity index (χ1) is 12.3. The summed E-state index contributed by atoms with van der Waals surface area (Å²) >= 11 is 0. The predicted molar refractivity (Wildman–Crippen MR) is 101 cm³/mol. The summed E-state index contributed by atoms with van der Waals surface area (Å²) in [7, 11) is 1.64. The van der Waals surface area contributed by atoms with E-state index in [9.17, 15) is 4.79 Å². The van der Waals surface area contributed by atoms with Gasteiger partial charge in [-0.05, 0) is 68.8 Å². The zero-order chi connectivity index (χ0) is 17.5. The third-order valence-electron chi connectivity index (χ3n) is 5.82. The second-order valence-electron chi connectivity index (χ2n) is 7.57. The van der Waals surface area contributed by atoms with E-state index in [1.165, 1.54) is 57.2 Å². The monoisotopic (exact) mass is 344 g/mol. The minimum atomic E-state index is -0.0199. The third-order valence-corrected chi connectivity index (χ3v) is 5.82. The quantitative estimate of drug-likeness (QED) is 0.772. The maximum atomic E-state index is 12.0. The molecule has 138 valence electrons. The van der Waals surface area contributed by atoms with Gasteiger partial charge in [-0.15, -0.1) is 0 Å². The van der Waals surface area contributed by atoms with Crippen LogP contribution in [0.25, 0.3) is 0 Å². The highest BCUT2D eigenvalue weighted by Crippen LogP contribution is 2.29. The maximum Gasteiger partial charge on any atom is 0.251 e. The first-order valence-corrected chi connectivity index (χ1v) is 9.86. The largest absolute Gasteiger partial charge is 0.383 e. The molecule has 1 amide bonds. The second kappa shape index (κ2) is 9.35. The first kappa shape index (κ1) is 18.4. The number of benzene rings is 1. The van der Waals surface area contributed by atoms with Crippen molar-refractivity contribution >= 4 is 5.91 Å². The maximum absolute atomic E-state index is 12.0. The number of rotatable bonds is 7. The lowest BCUT2D eigenvalue weighted by atomic mass is 9.89. The zero-order valence-electron chi connectivity index (χ0n) is 15.5. The van der Waals surface area contributed by atoms with Gasteiger partial charge in [0.15, 0.2) is 0 Å². The van der Waals surface area contributed by atoms with Crippen LogP contribution in [-0.2, 0) is 11.2 Å². The van der Waals surface area contributed by atoms with E-state index in [4.69, 9.17) is 4.74 Å². The van der Waals surface area contributed by atoms with E-state index in [0.717, 1.165) is 23.9 Å². The van der Waals surface area contributed by atoms with Crippen molar-refractivity contribution in [1.29, 1.82) is 0 Å². The van der Waals surface area contributed by atoms with Gasteiger partial charge in [0, 0.05) is 25.3 Å². The summed E-state index contributed by atoms with van der Waals surface area (Å²) < 4.78 is 4.95. The van der Waals surface area contributed by atoms with Gasteiger partial charge in [0.25, 0.3) is 5.91 Å². The number of carbonyl (C=O) groups is 1. The zero-order valence-corrected chi connectivity index (χ0v) is 15.5. The van der Waals surface area contributed by atoms with Gasteiger partial charge in [-0.25, -0.2) is 0 Å². The Morgan fingerprint density at radius 1 is 1.12 bits per heavy atom. The fourth-order valence-corrected chi connectivity index (χ4v) is 4.29. The molecule has 0 unspecified atom stereocenters. The van der Waals surface area contributed by atoms with Crippen LogP contribution in [0.5, 0.6) is 0 Å². The Morgan fingerprint density at radius 3 is 2.44 bits per heavy atom. The minimum Gasteiger partial charge on any atom is -0.383 e. The molecule has 0 aromatic heterocycles. The summed E-state index contributed by atoms with van der Waals surface area (Å²) in [4.78, 5) is 14.7. The normalized spacial score (nSPS) is 20.0. The second-order valence-corrected chi connectivity index (χ2v) is 7.57. The summed E-state index contributed by atoms with van der Waals surface area (Å²) in [6.07, 6.45) is 9.46. The Bertz CT molecular complexity index is 529. The van der Waals surface area contributed by atoms with Gasteiger partial charge in [0.05, 0.1) is 6.61 Å². The Morgan fingerprint density at radius 2 is 1.80 bits per heavy atom. The molecule has 1 heterocycles. The molecule has 1 aliphatic carbocycles. The molecule has 1 N–H and O–H groups in total. The molecule has 1 aromatic carbocycles. The highest BCUT2D eigenvalue weighted by atomic mass is 16.5. The summed E-state index contributed by atoms with van der Waals surface area (Å²) in [5.41, 5.74) is 2.09. The van der Waals surface area contributed by atoms with Crippen LogP contribution in [0.3, 0.4) is 0 Å². The van der Waals surface area contributed by atoms with E-state index in [1.54, 1.807) is 7.11 Å². The van der Waals surface area contributed by atoms with Gasteiger partial charge >= 0.3 is 0 Å². The van der Waals surface area contributed by atoms with Crippen molar-refractivity contribution in [2.45, 2.75) is 51.0 Å². The van der Waals surface area contributed by atoms with Crippen molar-refractivity contribution in [3.05, 3.63) is 35.4 Å². The van der Waals surface area contributed by atoms with E-state index in [2.05, 4.69) is 22.3 Å². The average molecular weight is 344 g/mol. The van der Waals surface area contributed by atoms with Gasteiger partial charge < -0.3 is 15.0 Å². The van der Waals surface area contributed by atoms with Gasteiger partial charge in [0.1, 0.15) is 0 Å². The molecule has 2 aliphatic rings. The standard InChI is InChI=1S/C21H32N2O2/c1-25-15-12-22-21(24)19-8-6-17(7-9-19)16-18-10-13-23(14-11-18)20-4-2-3-5-20/h6-9,18,20H,2-5,10-16H2,1H3,(H,22,24). The topological polar surface area (TPSA) is 41.6 Å². The van der Waals surface area contributed by atoms with E-state index < -0.39 is 0 Å². The number of hydrogen-bond acceptors (Lipinski definition) is 3. The number of piperidine rings is 1. The number of methoxy groups -OCH3 is 1. The Labute approximate surface area is 151 Å². The van der Waals surface area contributed by atoms with Crippen molar-refractivity contribution in [3.8, 4) is 0 Å². The molecule has 2 fully saturated rings. The van der Waals surface area contributed by atoms with Gasteiger partial charge in [-0.3, -0.25) is 4.79 Å². The average Bonchev–Trinajstić information content (AvgIpc) is 3.18. The van der Waals surface area contributed by atoms with Crippen molar-refractivity contribution < 1.29 is 9.53 Å². The molecule has 4 heteroatoms. The van der Waals surface area contributed by atoms with Crippen LogP contribution in [0, 0.1) is 5.92 Å². The lowest BCUT2D eigenvalue weighted by Gasteiger charge is -2.36. The molecule has 1 saturated carbocycles. The number of amides is 1. The van der Waals surface area contributed by atoms with E-state index in [-0.39, 0.29) is 5.91 Å². The van der Waals surface area contributed by atoms with Crippen molar-refractivity contribution in [2.24, 2.45) is 5.92 Å². The fraction of sp³-hybridized carbons (Fsp3) is 0.667. The number of nitrogens with zero attached hydrogens (tertiary/aromatic N) is 1. The highest BCUT2D eigenvalue weighted by molar-refractivity contribution is 5.94. The Balaban J connectivity index is 1.43. The lowest BCUT2D eigenvalue weighted by molar-refractivity contribution is 0.0937. The first-order valence-electron chi connectivity index (χ1n) is 9.86. The van der Waals surface area contributed by atoms with Crippen molar-refractivity contribution in [2.75, 3.05) is 33.4 Å². The smallest absolute Gasteiger partial charge is 0.251 e. The number of hydrogen-bond donors (Lipinski definition) is 1. The van der Waals surface area contributed by atoms with Crippen LogP contribution in [-0.4, -0.2) is 50.2 Å². The van der Waals surface area contributed by atoms with Crippen LogP contribution < -0.4 is 5.32 Å². The Kier molecular flexibility index (Phi) is 6.88. The lowest BCUT2D eigenvalue weighted by Crippen LogP contribution is -2.40. The fourth-order valence-electron chi connectivity index (χ4n) is 4.29. The van der Waals surface area contributed by atoms with E-state index >= 15 is 0 Å². The molecule has 0 bridgehead atoms. The molecule has 1 aromatic rings. The van der Waals surface area contributed by atoms with Gasteiger partial charge in [0.2, 0.25) is 0 Å². The number of nitrogens with one attached hydrogen (secondary N) is 1. The number of carbonyl (C=O) groups excluding carboxylic acids is 1. The summed E-state index contributed by atoms with van der Waals surface area (Å²) in [5.74, 6) is 0.771. The molecular formula is C21H32N2O2. The SMILES string of the molecule is COCCNC(=O)c1ccc(CC2CCN(C3CCCC3)CC2)cc1. The third kappa shape index (κ3) is 5.29. The van der Waals surface area contributed by atoms with Gasteiger partial charge in [-0.1, -0.05) is 25.0 Å². The van der Waals surface area contributed by atoms with Crippen LogP contribution in [0.4, 0.5) is 0 Å². The predicted octanol–water partition coefficient (Wildman–Crippen LogP) is 3.26. The van der Waals surface area contributed by atoms with Crippen LogP contribution in [0.1, 0.15) is 54.4 Å². The summed E-state index contributed by atoms with van der Waals surface area (Å²) in [6.45, 7) is 3.64. The van der Waals surface area contributed by atoms with Crippen LogP contribution in [0.15, 0.2) is 24.3 Å². The number of ether oxygens (including phenoxy) is 1. The molecule has 3 rings (SSSR count). The molecule has 1 aliphatic heterocycles. The van der Waals surface area contributed by atoms with Crippen molar-refractivity contribution in [1.82, 2.24) is 10.2 Å². The molecule has 0 atom stereocenters. The molecule has 0 spiro atoms. The molecule has 0 radical (unpaired) electrons. The van der Waals surface area contributed by atoms with Crippen molar-refractivity contribution in [3.63, 3.8) is 0 Å². The molecule has 25 heavy (non-hydrogen) atoms. The molecule has 1 saturated heterocycles. The molecule has 4 nitrogen and oxygen atoms in total. The van der Waals surface area contributed by atoms with E-state index in [1.807, 2.05) is 12.1 Å². The Hall–Kier alpha value is -1.39.